The van der Waals surface area contributed by atoms with Crippen LogP contribution < -0.4 is 10.1 Å². The minimum atomic E-state index is -0.0698. The number of ether oxygens (including phenoxy) is 1. The normalized spacial score (nSPS) is 17.2. The molecule has 1 aromatic carbocycles. The molecule has 2 aliphatic carbocycles. The van der Waals surface area contributed by atoms with Crippen LogP contribution in [0.1, 0.15) is 12.8 Å². The van der Waals surface area contributed by atoms with Gasteiger partial charge in [-0.2, -0.15) is 14.8 Å². The zero-order chi connectivity index (χ0) is 19.6. The molecule has 0 aliphatic heterocycles. The maximum Gasteiger partial charge on any atom is 0.255 e. The zero-order valence-electron chi connectivity index (χ0n) is 15.3. The second kappa shape index (κ2) is 7.16. The van der Waals surface area contributed by atoms with Gasteiger partial charge in [0.15, 0.2) is 0 Å². The first-order valence-electron chi connectivity index (χ1n) is 9.11. The molecular weight excluding hydrogens is 368 g/mol. The summed E-state index contributed by atoms with van der Waals surface area (Å²) in [5.41, 5.74) is 4.10. The first-order valence-corrected chi connectivity index (χ1v) is 9.11. The molecule has 1 N–H and O–H groups in total. The average molecular weight is 384 g/mol. The van der Waals surface area contributed by atoms with Crippen LogP contribution in [0.5, 0.6) is 11.6 Å². The van der Waals surface area contributed by atoms with Gasteiger partial charge >= 0.3 is 0 Å². The van der Waals surface area contributed by atoms with Crippen LogP contribution in [0.4, 0.5) is 5.69 Å². The Kier molecular flexibility index (Phi) is 4.21. The number of benzene rings is 1. The predicted octanol–water partition coefficient (Wildman–Crippen LogP) is 3.37. The van der Waals surface area contributed by atoms with Crippen molar-refractivity contribution in [3.8, 4) is 17.6 Å². The average Bonchev–Trinajstić information content (AvgIpc) is 3.19. The van der Waals surface area contributed by atoms with Gasteiger partial charge < -0.3 is 10.1 Å². The van der Waals surface area contributed by atoms with Crippen LogP contribution in [0.25, 0.3) is 5.95 Å². The number of allylic oxidation sites excluding steroid dienone is 5. The standard InChI is InChI=1S/C21H16N6O2/c28-20(16-10-15(11-16)14-2-1-3-14)25-17-4-6-18(7-5-17)29-19-8-9-23-21(26-19)27-13-22-12-24-27/h1-2,4-10,12-13H,3,11H2,(H,25,28). The monoisotopic (exact) mass is 384 g/mol. The van der Waals surface area contributed by atoms with Crippen molar-refractivity contribution in [3.63, 3.8) is 0 Å². The number of hydrogen-bond acceptors (Lipinski definition) is 6. The third kappa shape index (κ3) is 3.55. The third-order valence-electron chi connectivity index (χ3n) is 4.67. The molecule has 0 atom stereocenters. The van der Waals surface area contributed by atoms with E-state index in [4.69, 9.17) is 4.74 Å². The highest BCUT2D eigenvalue weighted by molar-refractivity contribution is 6.06. The summed E-state index contributed by atoms with van der Waals surface area (Å²) in [5.74, 6) is 1.27. The van der Waals surface area contributed by atoms with Gasteiger partial charge in [-0.1, -0.05) is 12.2 Å². The predicted molar refractivity (Wildman–Crippen MR) is 106 cm³/mol. The van der Waals surface area contributed by atoms with Crippen LogP contribution in [0, 0.1) is 0 Å². The lowest BCUT2D eigenvalue weighted by molar-refractivity contribution is -0.113. The molecule has 142 valence electrons. The molecule has 2 aromatic heterocycles. The number of hydrogen-bond donors (Lipinski definition) is 1. The van der Waals surface area contributed by atoms with Gasteiger partial charge in [0.2, 0.25) is 5.88 Å². The summed E-state index contributed by atoms with van der Waals surface area (Å²) in [5, 5.41) is 6.91. The zero-order valence-corrected chi connectivity index (χ0v) is 15.3. The maximum atomic E-state index is 12.3. The Morgan fingerprint density at radius 1 is 1.14 bits per heavy atom. The van der Waals surface area contributed by atoms with E-state index in [1.807, 2.05) is 6.08 Å². The number of anilines is 1. The molecule has 0 fully saturated rings. The van der Waals surface area contributed by atoms with Gasteiger partial charge in [0.1, 0.15) is 18.4 Å². The molecule has 0 saturated heterocycles. The quantitative estimate of drug-likeness (QED) is 0.725. The molecule has 2 aliphatic rings. The van der Waals surface area contributed by atoms with Crippen LogP contribution in [0.2, 0.25) is 0 Å². The van der Waals surface area contributed by atoms with E-state index in [0.717, 1.165) is 18.4 Å². The molecule has 8 heteroatoms. The SMILES string of the molecule is O=C(Nc1ccc(Oc2ccnc(-n3cncn3)n2)cc1)C1=CC(=C2C=CC2)C1. The van der Waals surface area contributed by atoms with E-state index in [9.17, 15) is 4.79 Å². The van der Waals surface area contributed by atoms with Gasteiger partial charge in [0.05, 0.1) is 0 Å². The summed E-state index contributed by atoms with van der Waals surface area (Å²) in [6, 6.07) is 8.78. The second-order valence-corrected chi connectivity index (χ2v) is 6.62. The van der Waals surface area contributed by atoms with Crippen LogP contribution >= 0.6 is 0 Å². The highest BCUT2D eigenvalue weighted by Crippen LogP contribution is 2.33. The molecule has 0 spiro atoms. The van der Waals surface area contributed by atoms with E-state index in [-0.39, 0.29) is 5.91 Å². The van der Waals surface area contributed by atoms with Crippen molar-refractivity contribution in [2.45, 2.75) is 12.8 Å². The van der Waals surface area contributed by atoms with E-state index in [2.05, 4.69) is 37.5 Å². The Labute approximate surface area is 166 Å². The van der Waals surface area contributed by atoms with Gasteiger partial charge in [-0.05, 0) is 47.9 Å². The third-order valence-corrected chi connectivity index (χ3v) is 4.67. The Bertz CT molecular complexity index is 1160. The Hall–Kier alpha value is -4.07. The summed E-state index contributed by atoms with van der Waals surface area (Å²) < 4.78 is 7.21. The van der Waals surface area contributed by atoms with Crippen molar-refractivity contribution in [1.29, 1.82) is 0 Å². The highest BCUT2D eigenvalue weighted by atomic mass is 16.5. The molecule has 1 amide bonds. The minimum Gasteiger partial charge on any atom is -0.439 e. The van der Waals surface area contributed by atoms with Gasteiger partial charge in [0, 0.05) is 29.9 Å². The van der Waals surface area contributed by atoms with E-state index in [0.29, 0.717) is 23.3 Å². The number of amides is 1. The van der Waals surface area contributed by atoms with Gasteiger partial charge in [-0.3, -0.25) is 4.79 Å². The van der Waals surface area contributed by atoms with Crippen LogP contribution in [0.15, 0.2) is 84.1 Å². The fourth-order valence-corrected chi connectivity index (χ4v) is 2.96. The van der Waals surface area contributed by atoms with Crippen LogP contribution in [0.3, 0.4) is 0 Å². The lowest BCUT2D eigenvalue weighted by Crippen LogP contribution is -2.20. The molecule has 2 heterocycles. The van der Waals surface area contributed by atoms with Gasteiger partial charge in [0.25, 0.3) is 11.9 Å². The lowest BCUT2D eigenvalue weighted by Gasteiger charge is -2.22. The number of nitrogens with one attached hydrogen (secondary N) is 1. The molecule has 0 saturated carbocycles. The summed E-state index contributed by atoms with van der Waals surface area (Å²) in [4.78, 5) is 24.6. The smallest absolute Gasteiger partial charge is 0.255 e. The first kappa shape index (κ1) is 17.1. The fraction of sp³-hybridized carbons (Fsp3) is 0.0952. The van der Waals surface area contributed by atoms with E-state index in [1.54, 1.807) is 36.5 Å². The molecule has 0 radical (unpaired) electrons. The van der Waals surface area contributed by atoms with Crippen molar-refractivity contribution >= 4 is 11.6 Å². The lowest BCUT2D eigenvalue weighted by atomic mass is 9.84. The summed E-state index contributed by atoms with van der Waals surface area (Å²) >= 11 is 0. The number of rotatable bonds is 5. The molecule has 5 rings (SSSR count). The van der Waals surface area contributed by atoms with Crippen molar-refractivity contribution < 1.29 is 9.53 Å². The van der Waals surface area contributed by atoms with Gasteiger partial charge in [-0.25, -0.2) is 9.97 Å². The highest BCUT2D eigenvalue weighted by Gasteiger charge is 2.22. The Morgan fingerprint density at radius 3 is 2.66 bits per heavy atom. The maximum absolute atomic E-state index is 12.3. The van der Waals surface area contributed by atoms with Crippen molar-refractivity contribution in [3.05, 3.63) is 84.1 Å². The van der Waals surface area contributed by atoms with Crippen molar-refractivity contribution in [1.82, 2.24) is 24.7 Å². The molecule has 8 nitrogen and oxygen atoms in total. The Balaban J connectivity index is 1.22. The topological polar surface area (TPSA) is 94.8 Å². The molecule has 3 aromatic rings. The van der Waals surface area contributed by atoms with E-state index >= 15 is 0 Å². The second-order valence-electron chi connectivity index (χ2n) is 6.62. The summed E-state index contributed by atoms with van der Waals surface area (Å²) in [6.07, 6.45) is 12.4. The molecule has 29 heavy (non-hydrogen) atoms. The van der Waals surface area contributed by atoms with Crippen LogP contribution in [-0.2, 0) is 4.79 Å². The van der Waals surface area contributed by atoms with Crippen molar-refractivity contribution in [2.24, 2.45) is 0 Å². The molecule has 0 bridgehead atoms. The van der Waals surface area contributed by atoms with E-state index < -0.39 is 0 Å². The first-order chi connectivity index (χ1) is 14.2. The van der Waals surface area contributed by atoms with Crippen LogP contribution in [-0.4, -0.2) is 30.6 Å². The van der Waals surface area contributed by atoms with E-state index in [1.165, 1.54) is 28.5 Å². The molecular formula is C21H16N6O2. The molecule has 0 unspecified atom stereocenters. The number of carbonyl (C=O) groups excluding carboxylic acids is 1. The Morgan fingerprint density at radius 2 is 1.97 bits per heavy atom. The number of aromatic nitrogens is 5. The van der Waals surface area contributed by atoms with Gasteiger partial charge in [-0.15, -0.1) is 0 Å². The minimum absolute atomic E-state index is 0.0698. The largest absolute Gasteiger partial charge is 0.439 e. The number of carbonyl (C=O) groups is 1. The summed E-state index contributed by atoms with van der Waals surface area (Å²) in [6.45, 7) is 0. The van der Waals surface area contributed by atoms with Crippen molar-refractivity contribution in [2.75, 3.05) is 5.32 Å². The fourth-order valence-electron chi connectivity index (χ4n) is 2.96. The number of nitrogens with zero attached hydrogens (tertiary/aromatic N) is 5. The summed E-state index contributed by atoms with van der Waals surface area (Å²) in [7, 11) is 0.